The lowest BCUT2D eigenvalue weighted by Crippen LogP contribution is -2.15. The molecule has 0 fully saturated rings. The zero-order valence-corrected chi connectivity index (χ0v) is 15.2. The van der Waals surface area contributed by atoms with Crippen LogP contribution < -0.4 is 9.64 Å². The molecule has 4 nitrogen and oxygen atoms in total. The summed E-state index contributed by atoms with van der Waals surface area (Å²) in [5.74, 6) is 6.20. The lowest BCUT2D eigenvalue weighted by molar-refractivity contribution is 0.520. The molecule has 2 aromatic carbocycles. The minimum absolute atomic E-state index is 0.0479. The van der Waals surface area contributed by atoms with Crippen LogP contribution >= 0.6 is 0 Å². The van der Waals surface area contributed by atoms with Crippen LogP contribution in [0.1, 0.15) is 18.1 Å². The highest BCUT2D eigenvalue weighted by Gasteiger charge is 2.07. The maximum absolute atomic E-state index is 6.98. The number of anilines is 1. The highest BCUT2D eigenvalue weighted by molar-refractivity contribution is 5.64. The second-order valence-electron chi connectivity index (χ2n) is 5.39. The summed E-state index contributed by atoms with van der Waals surface area (Å²) in [5.41, 5.74) is 2.74. The van der Waals surface area contributed by atoms with E-state index in [1.54, 1.807) is 6.08 Å². The predicted molar refractivity (Wildman–Crippen MR) is 108 cm³/mol. The molecule has 0 saturated heterocycles. The fourth-order valence-corrected chi connectivity index (χ4v) is 2.24. The van der Waals surface area contributed by atoms with Crippen LogP contribution in [0.15, 0.2) is 54.4 Å². The topological polar surface area (TPSA) is 21.2 Å². The number of aryl methyl sites for hydroxylation is 1. The second-order valence-corrected chi connectivity index (χ2v) is 5.39. The van der Waals surface area contributed by atoms with E-state index in [4.69, 9.17) is 17.9 Å². The Morgan fingerprint density at radius 2 is 1.85 bits per heavy atom. The molecule has 0 heterocycles. The van der Waals surface area contributed by atoms with Crippen LogP contribution in [0.5, 0.6) is 5.75 Å². The van der Waals surface area contributed by atoms with Gasteiger partial charge in [-0.15, -0.1) is 0 Å². The van der Waals surface area contributed by atoms with E-state index < -0.39 is 0 Å². The van der Waals surface area contributed by atoms with Crippen molar-refractivity contribution in [1.29, 1.82) is 0 Å². The van der Waals surface area contributed by atoms with Crippen molar-refractivity contribution in [3.8, 4) is 29.7 Å². The van der Waals surface area contributed by atoms with Crippen LogP contribution in [0.4, 0.5) is 5.69 Å². The highest BCUT2D eigenvalue weighted by atomic mass is 16.5. The molecule has 0 spiro atoms. The molecule has 27 heavy (non-hydrogen) atoms. The molecule has 0 amide bonds. The molecule has 0 aliphatic carbocycles. The average Bonchev–Trinajstić information content (AvgIpc) is 2.70. The Morgan fingerprint density at radius 3 is 2.48 bits per heavy atom. The molecular formula is C23H17N3O. The van der Waals surface area contributed by atoms with E-state index in [-0.39, 0.29) is 5.82 Å². The first-order chi connectivity index (χ1) is 13.2. The van der Waals surface area contributed by atoms with E-state index in [2.05, 4.69) is 33.7 Å². The number of hydrogen-bond donors (Lipinski definition) is 0. The van der Waals surface area contributed by atoms with Crippen LogP contribution in [0, 0.1) is 44.1 Å². The molecule has 0 N–H and O–H groups in total. The second kappa shape index (κ2) is 10.0. The fraction of sp³-hybridized carbons (Fsp3) is 0.130. The van der Waals surface area contributed by atoms with Crippen LogP contribution in [0.3, 0.4) is 0 Å². The van der Waals surface area contributed by atoms with E-state index in [0.717, 1.165) is 16.8 Å². The Balaban J connectivity index is 2.13. The molecule has 0 aliphatic heterocycles. The van der Waals surface area contributed by atoms with E-state index in [1.165, 1.54) is 0 Å². The van der Waals surface area contributed by atoms with E-state index in [9.17, 15) is 0 Å². The summed E-state index contributed by atoms with van der Waals surface area (Å²) in [6, 6.07) is 18.1. The molecule has 0 saturated carbocycles. The summed E-state index contributed by atoms with van der Waals surface area (Å²) in [7, 11) is 0. The van der Waals surface area contributed by atoms with Crippen LogP contribution in [0.2, 0.25) is 0 Å². The average molecular weight is 351 g/mol. The minimum atomic E-state index is 0.0479. The Bertz CT molecular complexity index is 1020. The van der Waals surface area contributed by atoms with Gasteiger partial charge >= 0.3 is 5.82 Å². The van der Waals surface area contributed by atoms with Crippen molar-refractivity contribution < 1.29 is 4.74 Å². The van der Waals surface area contributed by atoms with Crippen molar-refractivity contribution in [1.82, 2.24) is 0 Å². The van der Waals surface area contributed by atoms with E-state index in [1.807, 2.05) is 67.3 Å². The quantitative estimate of drug-likeness (QED) is 0.441. The summed E-state index contributed by atoms with van der Waals surface area (Å²) >= 11 is 0. The molecule has 0 unspecified atom stereocenters. The van der Waals surface area contributed by atoms with Crippen molar-refractivity contribution in [2.45, 2.75) is 13.8 Å². The third kappa shape index (κ3) is 5.72. The van der Waals surface area contributed by atoms with Gasteiger partial charge in [0.1, 0.15) is 25.0 Å². The van der Waals surface area contributed by atoms with Gasteiger partial charge in [-0.2, -0.15) is 9.69 Å². The van der Waals surface area contributed by atoms with Gasteiger partial charge in [-0.3, -0.25) is 0 Å². The van der Waals surface area contributed by atoms with E-state index >= 15 is 0 Å². The Morgan fingerprint density at radius 1 is 1.11 bits per heavy atom. The highest BCUT2D eigenvalue weighted by Crippen LogP contribution is 2.21. The minimum Gasteiger partial charge on any atom is -0.407 e. The van der Waals surface area contributed by atoms with Crippen LogP contribution in [-0.2, 0) is 0 Å². The van der Waals surface area contributed by atoms with Gasteiger partial charge in [0.2, 0.25) is 0 Å². The van der Waals surface area contributed by atoms with Crippen LogP contribution in [-0.4, -0.2) is 6.54 Å². The molecule has 4 heteroatoms. The summed E-state index contributed by atoms with van der Waals surface area (Å²) in [5, 5.41) is 0. The van der Waals surface area contributed by atoms with Crippen molar-refractivity contribution in [2.24, 2.45) is 0 Å². The van der Waals surface area contributed by atoms with Crippen molar-refractivity contribution in [3.63, 3.8) is 0 Å². The monoisotopic (exact) mass is 351 g/mol. The normalized spacial score (nSPS) is 8.59. The number of benzene rings is 2. The molecule has 0 bridgehead atoms. The molecule has 0 aliphatic rings. The van der Waals surface area contributed by atoms with Gasteiger partial charge in [0.05, 0.1) is 0 Å². The SMILES string of the molecule is [C-]#[N+]C(=Cc1ccc(N(C#CC#COc2ccccc2)CC)cc1C)[N+]#[C-]. The van der Waals surface area contributed by atoms with Gasteiger partial charge in [0.15, 0.2) is 0 Å². The zero-order chi connectivity index (χ0) is 19.5. The Labute approximate surface area is 160 Å². The molecule has 0 radical (unpaired) electrons. The third-order valence-corrected chi connectivity index (χ3v) is 3.61. The largest absolute Gasteiger partial charge is 0.519 e. The van der Waals surface area contributed by atoms with Crippen LogP contribution in [0.25, 0.3) is 15.8 Å². The number of para-hydroxylation sites is 1. The van der Waals surface area contributed by atoms with Gasteiger partial charge in [-0.1, -0.05) is 24.3 Å². The number of ether oxygens (including phenoxy) is 1. The third-order valence-electron chi connectivity index (χ3n) is 3.61. The molecule has 0 aromatic heterocycles. The lowest BCUT2D eigenvalue weighted by Gasteiger charge is -2.16. The van der Waals surface area contributed by atoms with Gasteiger partial charge < -0.3 is 9.64 Å². The molecule has 0 atom stereocenters. The Hall–Kier alpha value is -4.12. The van der Waals surface area contributed by atoms with Gasteiger partial charge in [0, 0.05) is 36.2 Å². The summed E-state index contributed by atoms with van der Waals surface area (Å²) in [6.45, 7) is 18.6. The van der Waals surface area contributed by atoms with Gasteiger partial charge in [-0.05, 0) is 49.2 Å². The standard InChI is InChI=1S/C23H17N3O/c1-5-26(15-9-10-16-27-22-11-7-6-8-12-22)21-14-13-20(19(2)17-21)18-23(24-3)25-4/h6-8,11-14,17-18H,5H2,1-2H3. The maximum atomic E-state index is 6.98. The molecular weight excluding hydrogens is 334 g/mol. The lowest BCUT2D eigenvalue weighted by atomic mass is 10.1. The van der Waals surface area contributed by atoms with Crippen molar-refractivity contribution >= 4 is 11.8 Å². The van der Waals surface area contributed by atoms with Gasteiger partial charge in [0.25, 0.3) is 0 Å². The predicted octanol–water partition coefficient (Wildman–Crippen LogP) is 4.96. The molecule has 130 valence electrons. The number of nitrogens with zero attached hydrogens (tertiary/aromatic N) is 3. The van der Waals surface area contributed by atoms with Crippen molar-refractivity contribution in [2.75, 3.05) is 11.4 Å². The van der Waals surface area contributed by atoms with Gasteiger partial charge in [-0.25, -0.2) is 0 Å². The number of hydrogen-bond acceptors (Lipinski definition) is 2. The summed E-state index contributed by atoms with van der Waals surface area (Å²) in [6.07, 6.45) is 4.16. The Kier molecular flexibility index (Phi) is 7.12. The summed E-state index contributed by atoms with van der Waals surface area (Å²) < 4.78 is 5.28. The first kappa shape index (κ1) is 19.2. The number of rotatable bonds is 4. The first-order valence-corrected chi connectivity index (χ1v) is 8.25. The first-order valence-electron chi connectivity index (χ1n) is 8.25. The molecule has 2 aromatic rings. The molecule has 2 rings (SSSR count). The van der Waals surface area contributed by atoms with Crippen molar-refractivity contribution in [3.05, 3.63) is 88.3 Å². The maximum Gasteiger partial charge on any atom is 0.519 e. The van der Waals surface area contributed by atoms with E-state index in [0.29, 0.717) is 12.3 Å². The summed E-state index contributed by atoms with van der Waals surface area (Å²) in [4.78, 5) is 8.26. The zero-order valence-electron chi connectivity index (χ0n) is 15.2. The fourth-order valence-electron chi connectivity index (χ4n) is 2.24. The smallest absolute Gasteiger partial charge is 0.407 e.